The molecule has 0 unspecified atom stereocenters. The van der Waals surface area contributed by atoms with Gasteiger partial charge in [0, 0.05) is 10.0 Å². The predicted octanol–water partition coefficient (Wildman–Crippen LogP) is 3.43. The monoisotopic (exact) mass is 284 g/mol. The second kappa shape index (κ2) is 5.19. The zero-order valence-electron chi connectivity index (χ0n) is 9.50. The maximum atomic E-state index is 9.30. The van der Waals surface area contributed by atoms with Crippen molar-refractivity contribution < 1.29 is 9.84 Å². The molecule has 0 atom stereocenters. The highest BCUT2D eigenvalue weighted by Gasteiger charge is 2.19. The van der Waals surface area contributed by atoms with E-state index >= 15 is 0 Å². The van der Waals surface area contributed by atoms with Crippen LogP contribution in [0.2, 0.25) is 0 Å². The Kier molecular flexibility index (Phi) is 3.87. The van der Waals surface area contributed by atoms with Gasteiger partial charge in [0.1, 0.15) is 5.75 Å². The van der Waals surface area contributed by atoms with Crippen LogP contribution in [-0.4, -0.2) is 11.7 Å². The molecule has 3 heteroatoms. The summed E-state index contributed by atoms with van der Waals surface area (Å²) >= 11 is 3.43. The summed E-state index contributed by atoms with van der Waals surface area (Å²) < 4.78 is 6.83. The lowest BCUT2D eigenvalue weighted by Crippen LogP contribution is -2.20. The Bertz CT molecular complexity index is 372. The molecule has 1 N–H and O–H groups in total. The van der Waals surface area contributed by atoms with Crippen LogP contribution in [0.4, 0.5) is 0 Å². The third-order valence-electron chi connectivity index (χ3n) is 3.17. The molecule has 1 fully saturated rings. The number of rotatable bonds is 4. The number of benzene rings is 1. The second-order valence-corrected chi connectivity index (χ2v) is 5.39. The van der Waals surface area contributed by atoms with Crippen molar-refractivity contribution in [3.63, 3.8) is 0 Å². The van der Waals surface area contributed by atoms with Crippen LogP contribution in [0, 0.1) is 12.8 Å². The van der Waals surface area contributed by atoms with Crippen LogP contribution < -0.4 is 4.74 Å². The third-order valence-corrected chi connectivity index (χ3v) is 3.63. The molecule has 1 aromatic carbocycles. The van der Waals surface area contributed by atoms with Crippen molar-refractivity contribution in [1.82, 2.24) is 0 Å². The lowest BCUT2D eigenvalue weighted by Gasteiger charge is -2.26. The molecule has 0 radical (unpaired) electrons. The molecule has 1 saturated carbocycles. The van der Waals surface area contributed by atoms with Crippen LogP contribution in [0.3, 0.4) is 0 Å². The van der Waals surface area contributed by atoms with Gasteiger partial charge in [-0.05, 0) is 43.4 Å². The van der Waals surface area contributed by atoms with Gasteiger partial charge < -0.3 is 9.84 Å². The molecular formula is C13H17BrO2. The highest BCUT2D eigenvalue weighted by atomic mass is 79.9. The number of aliphatic hydroxyl groups excluding tert-OH is 1. The maximum absolute atomic E-state index is 9.30. The fourth-order valence-electron chi connectivity index (χ4n) is 1.98. The number of ether oxygens (including phenoxy) is 1. The van der Waals surface area contributed by atoms with Crippen LogP contribution in [0.15, 0.2) is 16.6 Å². The summed E-state index contributed by atoms with van der Waals surface area (Å²) in [7, 11) is 0. The molecule has 0 amide bonds. The van der Waals surface area contributed by atoms with Crippen LogP contribution in [0.5, 0.6) is 5.75 Å². The maximum Gasteiger partial charge on any atom is 0.127 e. The molecule has 0 bridgehead atoms. The highest BCUT2D eigenvalue weighted by Crippen LogP contribution is 2.31. The summed E-state index contributed by atoms with van der Waals surface area (Å²) in [6.45, 7) is 2.83. The van der Waals surface area contributed by atoms with Crippen LogP contribution >= 0.6 is 15.9 Å². The number of aryl methyl sites for hydroxylation is 1. The average Bonchev–Trinajstić information content (AvgIpc) is 2.17. The van der Waals surface area contributed by atoms with Gasteiger partial charge in [-0.25, -0.2) is 0 Å². The fourth-order valence-corrected chi connectivity index (χ4v) is 2.60. The van der Waals surface area contributed by atoms with Crippen LogP contribution in [0.1, 0.15) is 30.4 Å². The number of halogens is 1. The Morgan fingerprint density at radius 2 is 2.19 bits per heavy atom. The van der Waals surface area contributed by atoms with E-state index in [4.69, 9.17) is 4.74 Å². The SMILES string of the molecule is Cc1cc(Br)cc(CO)c1OCC1CCC1. The van der Waals surface area contributed by atoms with E-state index in [0.29, 0.717) is 0 Å². The highest BCUT2D eigenvalue weighted by molar-refractivity contribution is 9.10. The van der Waals surface area contributed by atoms with E-state index < -0.39 is 0 Å². The van der Waals surface area contributed by atoms with E-state index in [1.807, 2.05) is 19.1 Å². The van der Waals surface area contributed by atoms with Crippen LogP contribution in [-0.2, 0) is 6.61 Å². The molecule has 2 nitrogen and oxygen atoms in total. The van der Waals surface area contributed by atoms with Crippen molar-refractivity contribution in [2.75, 3.05) is 6.61 Å². The molecule has 2 rings (SSSR count). The van der Waals surface area contributed by atoms with Gasteiger partial charge in [-0.2, -0.15) is 0 Å². The normalized spacial score (nSPS) is 15.9. The minimum absolute atomic E-state index is 0.0281. The predicted molar refractivity (Wildman–Crippen MR) is 67.6 cm³/mol. The summed E-state index contributed by atoms with van der Waals surface area (Å²) in [5, 5.41) is 9.30. The Morgan fingerprint density at radius 1 is 1.44 bits per heavy atom. The van der Waals surface area contributed by atoms with E-state index in [1.165, 1.54) is 19.3 Å². The molecule has 0 aromatic heterocycles. The number of hydrogen-bond donors (Lipinski definition) is 1. The lowest BCUT2D eigenvalue weighted by atomic mass is 9.86. The summed E-state index contributed by atoms with van der Waals surface area (Å²) in [6, 6.07) is 3.94. The first-order valence-corrected chi connectivity index (χ1v) is 6.52. The summed E-state index contributed by atoms with van der Waals surface area (Å²) in [6.07, 6.45) is 3.90. The zero-order chi connectivity index (χ0) is 11.5. The first kappa shape index (κ1) is 11.9. The zero-order valence-corrected chi connectivity index (χ0v) is 11.1. The van der Waals surface area contributed by atoms with E-state index in [1.54, 1.807) is 0 Å². The van der Waals surface area contributed by atoms with Crippen LogP contribution in [0.25, 0.3) is 0 Å². The minimum Gasteiger partial charge on any atom is -0.493 e. The number of aliphatic hydroxyl groups is 1. The van der Waals surface area contributed by atoms with Gasteiger partial charge in [0.05, 0.1) is 13.2 Å². The molecule has 1 aromatic rings. The standard InChI is InChI=1S/C13H17BrO2/c1-9-5-12(14)6-11(7-15)13(9)16-8-10-3-2-4-10/h5-6,10,15H,2-4,7-8H2,1H3. The van der Waals surface area contributed by atoms with E-state index in [0.717, 1.165) is 33.9 Å². The Labute approximate surface area is 105 Å². The first-order valence-electron chi connectivity index (χ1n) is 5.73. The van der Waals surface area contributed by atoms with Gasteiger partial charge in [-0.3, -0.25) is 0 Å². The molecule has 0 spiro atoms. The smallest absolute Gasteiger partial charge is 0.127 e. The topological polar surface area (TPSA) is 29.5 Å². The Hall–Kier alpha value is -0.540. The molecular weight excluding hydrogens is 268 g/mol. The molecule has 16 heavy (non-hydrogen) atoms. The lowest BCUT2D eigenvalue weighted by molar-refractivity contribution is 0.175. The van der Waals surface area contributed by atoms with Gasteiger partial charge in [0.2, 0.25) is 0 Å². The molecule has 88 valence electrons. The Morgan fingerprint density at radius 3 is 2.75 bits per heavy atom. The van der Waals surface area contributed by atoms with Gasteiger partial charge in [0.25, 0.3) is 0 Å². The first-order chi connectivity index (χ1) is 7.70. The number of hydrogen-bond acceptors (Lipinski definition) is 2. The third kappa shape index (κ3) is 2.58. The van der Waals surface area contributed by atoms with E-state index in [-0.39, 0.29) is 6.61 Å². The quantitative estimate of drug-likeness (QED) is 0.918. The molecule has 0 saturated heterocycles. The molecule has 1 aliphatic rings. The fraction of sp³-hybridized carbons (Fsp3) is 0.538. The van der Waals surface area contributed by atoms with Crippen molar-refractivity contribution in [3.8, 4) is 5.75 Å². The van der Waals surface area contributed by atoms with Gasteiger partial charge in [-0.1, -0.05) is 22.4 Å². The van der Waals surface area contributed by atoms with Crippen molar-refractivity contribution in [2.24, 2.45) is 5.92 Å². The summed E-state index contributed by atoms with van der Waals surface area (Å²) in [4.78, 5) is 0. The molecule has 0 aliphatic heterocycles. The van der Waals surface area contributed by atoms with Crippen molar-refractivity contribution in [2.45, 2.75) is 32.8 Å². The van der Waals surface area contributed by atoms with E-state index in [9.17, 15) is 5.11 Å². The minimum atomic E-state index is 0.0281. The van der Waals surface area contributed by atoms with Gasteiger partial charge in [-0.15, -0.1) is 0 Å². The molecule has 1 aliphatic carbocycles. The summed E-state index contributed by atoms with van der Waals surface area (Å²) in [5.74, 6) is 1.58. The average molecular weight is 285 g/mol. The van der Waals surface area contributed by atoms with Crippen molar-refractivity contribution in [3.05, 3.63) is 27.7 Å². The largest absolute Gasteiger partial charge is 0.493 e. The second-order valence-electron chi connectivity index (χ2n) is 4.48. The summed E-state index contributed by atoms with van der Waals surface area (Å²) in [5.41, 5.74) is 1.95. The van der Waals surface area contributed by atoms with Gasteiger partial charge in [0.15, 0.2) is 0 Å². The van der Waals surface area contributed by atoms with Crippen molar-refractivity contribution >= 4 is 15.9 Å². The van der Waals surface area contributed by atoms with Crippen molar-refractivity contribution in [1.29, 1.82) is 0 Å². The Balaban J connectivity index is 2.10. The van der Waals surface area contributed by atoms with Gasteiger partial charge >= 0.3 is 0 Å². The molecule has 0 heterocycles. The van der Waals surface area contributed by atoms with E-state index in [2.05, 4.69) is 15.9 Å².